The van der Waals surface area contributed by atoms with Crippen LogP contribution in [0.4, 0.5) is 0 Å². The van der Waals surface area contributed by atoms with Crippen LogP contribution in [0.15, 0.2) is 50.7 Å². The van der Waals surface area contributed by atoms with E-state index in [1.165, 1.54) is 11.8 Å². The van der Waals surface area contributed by atoms with Crippen LogP contribution in [0.5, 0.6) is 0 Å². The zero-order chi connectivity index (χ0) is 18.8. The molecule has 0 saturated carbocycles. The van der Waals surface area contributed by atoms with Crippen LogP contribution in [-0.4, -0.2) is 38.8 Å². The van der Waals surface area contributed by atoms with E-state index >= 15 is 0 Å². The fourth-order valence-electron chi connectivity index (χ4n) is 2.50. The first-order valence-corrected chi connectivity index (χ1v) is 9.99. The SMILES string of the molecule is Cc1occc1-c1nnc(SCC(=O)N(C)Cc2nc3ccccc3s2)o1. The van der Waals surface area contributed by atoms with Crippen LogP contribution in [0, 0.1) is 6.92 Å². The number of benzene rings is 1. The van der Waals surface area contributed by atoms with Gasteiger partial charge in [-0.1, -0.05) is 23.9 Å². The number of thioether (sulfide) groups is 1. The van der Waals surface area contributed by atoms with Crippen molar-refractivity contribution in [1.29, 1.82) is 0 Å². The smallest absolute Gasteiger partial charge is 0.277 e. The zero-order valence-electron chi connectivity index (χ0n) is 14.7. The van der Waals surface area contributed by atoms with E-state index in [9.17, 15) is 4.79 Å². The molecule has 9 heteroatoms. The van der Waals surface area contributed by atoms with Crippen molar-refractivity contribution in [2.24, 2.45) is 0 Å². The summed E-state index contributed by atoms with van der Waals surface area (Å²) >= 11 is 2.82. The van der Waals surface area contributed by atoms with E-state index in [0.29, 0.717) is 23.4 Å². The van der Waals surface area contributed by atoms with Crippen LogP contribution < -0.4 is 0 Å². The second kappa shape index (κ2) is 7.53. The second-order valence-corrected chi connectivity index (χ2v) is 7.92. The third-order valence-corrected chi connectivity index (χ3v) is 5.78. The average molecular weight is 400 g/mol. The third kappa shape index (κ3) is 3.88. The molecular formula is C18H16N4O3S2. The minimum absolute atomic E-state index is 0.0292. The van der Waals surface area contributed by atoms with Crippen molar-refractivity contribution in [1.82, 2.24) is 20.1 Å². The van der Waals surface area contributed by atoms with Gasteiger partial charge in [0.2, 0.25) is 5.91 Å². The molecule has 4 rings (SSSR count). The Morgan fingerprint density at radius 1 is 1.26 bits per heavy atom. The van der Waals surface area contributed by atoms with Gasteiger partial charge in [-0.05, 0) is 25.1 Å². The first-order chi connectivity index (χ1) is 13.1. The summed E-state index contributed by atoms with van der Waals surface area (Å²) in [6, 6.07) is 9.72. The molecule has 0 fully saturated rings. The van der Waals surface area contributed by atoms with Gasteiger partial charge >= 0.3 is 0 Å². The molecule has 0 bridgehead atoms. The molecule has 0 aliphatic rings. The monoisotopic (exact) mass is 400 g/mol. The van der Waals surface area contributed by atoms with Gasteiger partial charge in [-0.2, -0.15) is 0 Å². The number of fused-ring (bicyclic) bond motifs is 1. The van der Waals surface area contributed by atoms with Gasteiger partial charge in [0.25, 0.3) is 11.1 Å². The van der Waals surface area contributed by atoms with Gasteiger partial charge in [0.1, 0.15) is 10.8 Å². The molecule has 0 unspecified atom stereocenters. The molecule has 0 aliphatic heterocycles. The molecule has 1 amide bonds. The maximum atomic E-state index is 12.4. The highest BCUT2D eigenvalue weighted by molar-refractivity contribution is 7.99. The number of hydrogen-bond acceptors (Lipinski definition) is 8. The highest BCUT2D eigenvalue weighted by atomic mass is 32.2. The number of carbonyl (C=O) groups excluding carboxylic acids is 1. The Labute approximate surface area is 163 Å². The lowest BCUT2D eigenvalue weighted by atomic mass is 10.3. The Bertz CT molecular complexity index is 1050. The molecular weight excluding hydrogens is 384 g/mol. The number of furan rings is 1. The van der Waals surface area contributed by atoms with E-state index in [1.807, 2.05) is 31.2 Å². The maximum Gasteiger partial charge on any atom is 0.277 e. The van der Waals surface area contributed by atoms with Crippen molar-refractivity contribution in [3.8, 4) is 11.5 Å². The van der Waals surface area contributed by atoms with Crippen LogP contribution in [-0.2, 0) is 11.3 Å². The molecule has 0 aliphatic carbocycles. The lowest BCUT2D eigenvalue weighted by Crippen LogP contribution is -2.27. The fourth-order valence-corrected chi connectivity index (χ4v) is 4.22. The summed E-state index contributed by atoms with van der Waals surface area (Å²) < 4.78 is 12.0. The Kier molecular flexibility index (Phi) is 4.95. The number of rotatable bonds is 6. The Hall–Kier alpha value is -2.65. The van der Waals surface area contributed by atoms with Crippen molar-refractivity contribution in [3.63, 3.8) is 0 Å². The van der Waals surface area contributed by atoms with Gasteiger partial charge in [0, 0.05) is 7.05 Å². The number of thiazole rings is 1. The van der Waals surface area contributed by atoms with Crippen molar-refractivity contribution >= 4 is 39.2 Å². The summed E-state index contributed by atoms with van der Waals surface area (Å²) in [5.41, 5.74) is 1.72. The van der Waals surface area contributed by atoms with Crippen molar-refractivity contribution in [2.75, 3.05) is 12.8 Å². The van der Waals surface area contributed by atoms with Gasteiger partial charge in [-0.3, -0.25) is 4.79 Å². The number of nitrogens with zero attached hydrogens (tertiary/aromatic N) is 4. The van der Waals surface area contributed by atoms with Crippen molar-refractivity contribution in [3.05, 3.63) is 47.4 Å². The highest BCUT2D eigenvalue weighted by Gasteiger charge is 2.17. The number of aromatic nitrogens is 3. The molecule has 0 radical (unpaired) electrons. The minimum atomic E-state index is -0.0292. The minimum Gasteiger partial charge on any atom is -0.469 e. The molecule has 0 spiro atoms. The first kappa shape index (κ1) is 17.7. The molecule has 7 nitrogen and oxygen atoms in total. The molecule has 0 saturated heterocycles. The van der Waals surface area contributed by atoms with E-state index in [2.05, 4.69) is 15.2 Å². The van der Waals surface area contributed by atoms with Gasteiger partial charge in [0.05, 0.1) is 34.3 Å². The van der Waals surface area contributed by atoms with E-state index in [0.717, 1.165) is 20.8 Å². The number of aryl methyl sites for hydroxylation is 1. The molecule has 0 atom stereocenters. The molecule has 27 heavy (non-hydrogen) atoms. The molecule has 4 aromatic rings. The van der Waals surface area contributed by atoms with Gasteiger partial charge in [-0.15, -0.1) is 21.5 Å². The van der Waals surface area contributed by atoms with Gasteiger partial charge in [-0.25, -0.2) is 4.98 Å². The lowest BCUT2D eigenvalue weighted by Gasteiger charge is -2.14. The fraction of sp³-hybridized carbons (Fsp3) is 0.222. The highest BCUT2D eigenvalue weighted by Crippen LogP contribution is 2.27. The molecule has 0 N–H and O–H groups in total. The topological polar surface area (TPSA) is 85.3 Å². The molecule has 138 valence electrons. The number of para-hydroxylation sites is 1. The predicted molar refractivity (Wildman–Crippen MR) is 104 cm³/mol. The summed E-state index contributed by atoms with van der Waals surface area (Å²) in [6.07, 6.45) is 1.57. The van der Waals surface area contributed by atoms with E-state index in [1.54, 1.807) is 35.6 Å². The quantitative estimate of drug-likeness (QED) is 0.452. The summed E-state index contributed by atoms with van der Waals surface area (Å²) in [4.78, 5) is 18.6. The summed E-state index contributed by atoms with van der Waals surface area (Å²) in [5, 5.41) is 9.25. The van der Waals surface area contributed by atoms with Crippen LogP contribution >= 0.6 is 23.1 Å². The summed E-state index contributed by atoms with van der Waals surface area (Å²) in [7, 11) is 1.77. The number of carbonyl (C=O) groups is 1. The second-order valence-electron chi connectivity index (χ2n) is 5.88. The Balaban J connectivity index is 1.35. The third-order valence-electron chi connectivity index (χ3n) is 3.95. The van der Waals surface area contributed by atoms with Crippen LogP contribution in [0.2, 0.25) is 0 Å². The van der Waals surface area contributed by atoms with Crippen LogP contribution in [0.1, 0.15) is 10.8 Å². The normalized spacial score (nSPS) is 11.2. The van der Waals surface area contributed by atoms with E-state index in [4.69, 9.17) is 8.83 Å². The van der Waals surface area contributed by atoms with Crippen molar-refractivity contribution < 1.29 is 13.6 Å². The molecule has 3 heterocycles. The van der Waals surface area contributed by atoms with E-state index in [-0.39, 0.29) is 11.7 Å². The standard InChI is InChI=1S/C18H16N4O3S2/c1-11-12(7-8-24-11)17-20-21-18(25-17)26-10-16(23)22(2)9-15-19-13-5-3-4-6-14(13)27-15/h3-8H,9-10H2,1-2H3. The first-order valence-electron chi connectivity index (χ1n) is 8.19. The number of hydrogen-bond donors (Lipinski definition) is 0. The maximum absolute atomic E-state index is 12.4. The largest absolute Gasteiger partial charge is 0.469 e. The molecule has 3 aromatic heterocycles. The predicted octanol–water partition coefficient (Wildman–Crippen LogP) is 4.00. The lowest BCUT2D eigenvalue weighted by molar-refractivity contribution is -0.127. The van der Waals surface area contributed by atoms with Crippen molar-refractivity contribution in [2.45, 2.75) is 18.7 Å². The van der Waals surface area contributed by atoms with Gasteiger partial charge < -0.3 is 13.7 Å². The number of amides is 1. The van der Waals surface area contributed by atoms with Crippen LogP contribution in [0.3, 0.4) is 0 Å². The summed E-state index contributed by atoms with van der Waals surface area (Å²) in [5.74, 6) is 1.28. The zero-order valence-corrected chi connectivity index (χ0v) is 16.3. The summed E-state index contributed by atoms with van der Waals surface area (Å²) in [6.45, 7) is 2.30. The van der Waals surface area contributed by atoms with Gasteiger partial charge in [0.15, 0.2) is 0 Å². The molecule has 1 aromatic carbocycles. The van der Waals surface area contributed by atoms with Crippen LogP contribution in [0.25, 0.3) is 21.7 Å². The Morgan fingerprint density at radius 2 is 2.11 bits per heavy atom. The average Bonchev–Trinajstić information content (AvgIpc) is 3.38. The van der Waals surface area contributed by atoms with E-state index < -0.39 is 0 Å². The Morgan fingerprint density at radius 3 is 2.89 bits per heavy atom.